The molecule has 0 atom stereocenters. The third kappa shape index (κ3) is 3.54. The molecule has 1 aromatic heterocycles. The van der Waals surface area contributed by atoms with Crippen molar-refractivity contribution in [3.8, 4) is 0 Å². The van der Waals surface area contributed by atoms with Crippen molar-refractivity contribution in [2.45, 2.75) is 6.92 Å². The summed E-state index contributed by atoms with van der Waals surface area (Å²) >= 11 is 0. The standard InChI is InChI=1S/C18H23N5O/c1-3-22-9-11-23(12-10-22)18-19-13-15(14-20-18)17(24)21(2)16-7-5-4-6-8-16/h4-8,13-14H,3,9-12H2,1-2H3. The topological polar surface area (TPSA) is 52.6 Å². The number of anilines is 2. The molecular weight excluding hydrogens is 302 g/mol. The van der Waals surface area contributed by atoms with E-state index >= 15 is 0 Å². The summed E-state index contributed by atoms with van der Waals surface area (Å²) in [4.78, 5) is 27.5. The second-order valence-electron chi connectivity index (χ2n) is 5.89. The summed E-state index contributed by atoms with van der Waals surface area (Å²) in [7, 11) is 1.76. The van der Waals surface area contributed by atoms with Gasteiger partial charge in [-0.1, -0.05) is 25.1 Å². The fraction of sp³-hybridized carbons (Fsp3) is 0.389. The molecule has 0 aliphatic carbocycles. The van der Waals surface area contributed by atoms with Crippen molar-refractivity contribution < 1.29 is 4.79 Å². The number of para-hydroxylation sites is 1. The minimum Gasteiger partial charge on any atom is -0.338 e. The van der Waals surface area contributed by atoms with Crippen molar-refractivity contribution in [2.24, 2.45) is 0 Å². The van der Waals surface area contributed by atoms with Gasteiger partial charge < -0.3 is 14.7 Å². The van der Waals surface area contributed by atoms with Crippen molar-refractivity contribution in [2.75, 3.05) is 49.6 Å². The Morgan fingerprint density at radius 3 is 2.29 bits per heavy atom. The van der Waals surface area contributed by atoms with E-state index in [9.17, 15) is 4.79 Å². The molecule has 1 fully saturated rings. The Morgan fingerprint density at radius 1 is 1.08 bits per heavy atom. The van der Waals surface area contributed by atoms with Gasteiger partial charge >= 0.3 is 0 Å². The number of amides is 1. The van der Waals surface area contributed by atoms with Crippen LogP contribution < -0.4 is 9.80 Å². The van der Waals surface area contributed by atoms with Gasteiger partial charge in [0, 0.05) is 51.3 Å². The van der Waals surface area contributed by atoms with Crippen molar-refractivity contribution in [3.63, 3.8) is 0 Å². The molecule has 0 bridgehead atoms. The Morgan fingerprint density at radius 2 is 1.71 bits per heavy atom. The highest BCUT2D eigenvalue weighted by molar-refractivity contribution is 6.05. The predicted molar refractivity (Wildman–Crippen MR) is 95.5 cm³/mol. The van der Waals surface area contributed by atoms with Gasteiger partial charge in [-0.15, -0.1) is 0 Å². The zero-order chi connectivity index (χ0) is 16.9. The second kappa shape index (κ2) is 7.40. The van der Waals surface area contributed by atoms with E-state index < -0.39 is 0 Å². The number of likely N-dealkylation sites (N-methyl/N-ethyl adjacent to an activating group) is 1. The zero-order valence-electron chi connectivity index (χ0n) is 14.2. The molecule has 3 rings (SSSR count). The first kappa shape index (κ1) is 16.4. The first-order chi connectivity index (χ1) is 11.7. The maximum Gasteiger partial charge on any atom is 0.261 e. The summed E-state index contributed by atoms with van der Waals surface area (Å²) in [5, 5.41) is 0. The summed E-state index contributed by atoms with van der Waals surface area (Å²) < 4.78 is 0. The fourth-order valence-electron chi connectivity index (χ4n) is 2.82. The van der Waals surface area contributed by atoms with E-state index in [2.05, 4.69) is 26.7 Å². The molecule has 0 N–H and O–H groups in total. The van der Waals surface area contributed by atoms with Crippen LogP contribution in [0.3, 0.4) is 0 Å². The second-order valence-corrected chi connectivity index (χ2v) is 5.89. The largest absolute Gasteiger partial charge is 0.338 e. The highest BCUT2D eigenvalue weighted by Crippen LogP contribution is 2.15. The molecule has 1 amide bonds. The lowest BCUT2D eigenvalue weighted by atomic mass is 10.2. The number of carbonyl (C=O) groups is 1. The van der Waals surface area contributed by atoms with Gasteiger partial charge in [0.2, 0.25) is 5.95 Å². The molecule has 2 aromatic rings. The summed E-state index contributed by atoms with van der Waals surface area (Å²) in [5.41, 5.74) is 1.35. The van der Waals surface area contributed by atoms with Gasteiger partial charge in [-0.2, -0.15) is 0 Å². The number of aromatic nitrogens is 2. The average molecular weight is 325 g/mol. The average Bonchev–Trinajstić information content (AvgIpc) is 2.68. The first-order valence-electron chi connectivity index (χ1n) is 8.31. The molecule has 1 aliphatic heterocycles. The van der Waals surface area contributed by atoms with Crippen LogP contribution in [0.25, 0.3) is 0 Å². The molecule has 1 aromatic carbocycles. The highest BCUT2D eigenvalue weighted by atomic mass is 16.2. The number of nitrogens with zero attached hydrogens (tertiary/aromatic N) is 5. The van der Waals surface area contributed by atoms with Gasteiger partial charge in [-0.05, 0) is 18.7 Å². The Bertz CT molecular complexity index is 666. The molecule has 2 heterocycles. The van der Waals surface area contributed by atoms with E-state index in [1.807, 2.05) is 30.3 Å². The van der Waals surface area contributed by atoms with Crippen LogP contribution >= 0.6 is 0 Å². The SMILES string of the molecule is CCN1CCN(c2ncc(C(=O)N(C)c3ccccc3)cn2)CC1. The maximum absolute atomic E-state index is 12.5. The van der Waals surface area contributed by atoms with E-state index in [1.165, 1.54) is 0 Å². The number of hydrogen-bond donors (Lipinski definition) is 0. The van der Waals surface area contributed by atoms with Crippen molar-refractivity contribution in [1.82, 2.24) is 14.9 Å². The Balaban J connectivity index is 1.67. The number of hydrogen-bond acceptors (Lipinski definition) is 5. The van der Waals surface area contributed by atoms with Gasteiger partial charge in [0.1, 0.15) is 0 Å². The smallest absolute Gasteiger partial charge is 0.261 e. The van der Waals surface area contributed by atoms with Crippen LogP contribution in [0.5, 0.6) is 0 Å². The monoisotopic (exact) mass is 325 g/mol. The van der Waals surface area contributed by atoms with E-state index in [4.69, 9.17) is 0 Å². The third-order valence-corrected chi connectivity index (χ3v) is 4.44. The van der Waals surface area contributed by atoms with Gasteiger partial charge in [-0.25, -0.2) is 9.97 Å². The molecule has 126 valence electrons. The van der Waals surface area contributed by atoms with E-state index in [0.717, 1.165) is 38.4 Å². The van der Waals surface area contributed by atoms with E-state index in [-0.39, 0.29) is 5.91 Å². The van der Waals surface area contributed by atoms with Crippen molar-refractivity contribution in [3.05, 3.63) is 48.3 Å². The minimum atomic E-state index is -0.108. The number of piperazine rings is 1. The van der Waals surface area contributed by atoms with E-state index in [0.29, 0.717) is 11.5 Å². The van der Waals surface area contributed by atoms with Crippen molar-refractivity contribution in [1.29, 1.82) is 0 Å². The molecule has 0 saturated carbocycles. The summed E-state index contributed by atoms with van der Waals surface area (Å²) in [6, 6.07) is 9.56. The van der Waals surface area contributed by atoms with Crippen LogP contribution in [0.4, 0.5) is 11.6 Å². The van der Waals surface area contributed by atoms with Gasteiger partial charge in [-0.3, -0.25) is 4.79 Å². The lowest BCUT2D eigenvalue weighted by Crippen LogP contribution is -2.46. The summed E-state index contributed by atoms with van der Waals surface area (Å²) in [5.74, 6) is 0.591. The van der Waals surface area contributed by atoms with Gasteiger partial charge in [0.25, 0.3) is 5.91 Å². The Hall–Kier alpha value is -2.47. The maximum atomic E-state index is 12.5. The molecule has 0 unspecified atom stereocenters. The quantitative estimate of drug-likeness (QED) is 0.859. The van der Waals surface area contributed by atoms with E-state index in [1.54, 1.807) is 24.3 Å². The number of benzene rings is 1. The minimum absolute atomic E-state index is 0.108. The Kier molecular flexibility index (Phi) is 5.05. The van der Waals surface area contributed by atoms with Gasteiger partial charge in [0.05, 0.1) is 5.56 Å². The van der Waals surface area contributed by atoms with Crippen LogP contribution in [0.15, 0.2) is 42.7 Å². The van der Waals surface area contributed by atoms with Crippen LogP contribution in [-0.4, -0.2) is 60.5 Å². The van der Waals surface area contributed by atoms with Crippen LogP contribution in [-0.2, 0) is 0 Å². The van der Waals surface area contributed by atoms with Crippen molar-refractivity contribution >= 4 is 17.5 Å². The third-order valence-electron chi connectivity index (χ3n) is 4.44. The molecular formula is C18H23N5O. The zero-order valence-corrected chi connectivity index (χ0v) is 14.2. The lowest BCUT2D eigenvalue weighted by Gasteiger charge is -2.33. The van der Waals surface area contributed by atoms with Crippen LogP contribution in [0.2, 0.25) is 0 Å². The normalized spacial score (nSPS) is 15.3. The Labute approximate surface area is 142 Å². The highest BCUT2D eigenvalue weighted by Gasteiger charge is 2.19. The fourth-order valence-corrected chi connectivity index (χ4v) is 2.82. The molecule has 6 nitrogen and oxygen atoms in total. The molecule has 1 saturated heterocycles. The van der Waals surface area contributed by atoms with Gasteiger partial charge in [0.15, 0.2) is 0 Å². The molecule has 1 aliphatic rings. The molecule has 0 radical (unpaired) electrons. The van der Waals surface area contributed by atoms with Crippen LogP contribution in [0.1, 0.15) is 17.3 Å². The van der Waals surface area contributed by atoms with Crippen LogP contribution in [0, 0.1) is 0 Å². The first-order valence-corrected chi connectivity index (χ1v) is 8.31. The lowest BCUT2D eigenvalue weighted by molar-refractivity contribution is 0.0992. The molecule has 0 spiro atoms. The molecule has 6 heteroatoms. The number of carbonyl (C=O) groups excluding carboxylic acids is 1. The number of rotatable bonds is 4. The summed E-state index contributed by atoms with van der Waals surface area (Å²) in [6.07, 6.45) is 3.24. The summed E-state index contributed by atoms with van der Waals surface area (Å²) in [6.45, 7) is 7.15. The predicted octanol–water partition coefficient (Wildman–Crippen LogP) is 1.90. The molecule has 24 heavy (non-hydrogen) atoms.